The fourth-order valence-corrected chi connectivity index (χ4v) is 2.71. The van der Waals surface area contributed by atoms with Crippen LogP contribution in [-0.4, -0.2) is 11.0 Å². The second-order valence-electron chi connectivity index (χ2n) is 5.05. The lowest BCUT2D eigenvalue weighted by Gasteiger charge is -2.08. The highest BCUT2D eigenvalue weighted by Gasteiger charge is 2.06. The van der Waals surface area contributed by atoms with Gasteiger partial charge in [-0.2, -0.15) is 0 Å². The van der Waals surface area contributed by atoms with Gasteiger partial charge in [-0.3, -0.25) is 0 Å². The quantitative estimate of drug-likeness (QED) is 0.674. The maximum atomic E-state index is 13.5. The van der Waals surface area contributed by atoms with Crippen LogP contribution in [0, 0.1) is 5.82 Å². The Balaban J connectivity index is 1.57. The fourth-order valence-electron chi connectivity index (χ4n) is 2.14. The molecule has 2 amide bonds. The van der Waals surface area contributed by atoms with Gasteiger partial charge in [0, 0.05) is 28.7 Å². The number of nitrogens with zero attached hydrogens (tertiary/aromatic N) is 1. The third-order valence-corrected chi connectivity index (χ3v) is 4.03. The highest BCUT2D eigenvalue weighted by atomic mass is 32.1. The van der Waals surface area contributed by atoms with Gasteiger partial charge in [-0.05, 0) is 18.2 Å². The largest absolute Gasteiger partial charge is 0.375 e. The number of thiazole rings is 1. The zero-order valence-electron chi connectivity index (χ0n) is 12.6. The summed E-state index contributed by atoms with van der Waals surface area (Å²) in [7, 11) is 0. The number of carbonyl (C=O) groups is 1. The molecule has 0 saturated heterocycles. The molecule has 0 atom stereocenters. The molecular formula is C17H15FN4OS. The van der Waals surface area contributed by atoms with Gasteiger partial charge >= 0.3 is 6.03 Å². The molecule has 0 radical (unpaired) electrons. The van der Waals surface area contributed by atoms with Crippen molar-refractivity contribution in [2.24, 2.45) is 0 Å². The lowest BCUT2D eigenvalue weighted by atomic mass is 10.1. The summed E-state index contributed by atoms with van der Waals surface area (Å²) >= 11 is 1.38. The predicted molar refractivity (Wildman–Crippen MR) is 94.2 cm³/mol. The molecule has 3 rings (SSSR count). The summed E-state index contributed by atoms with van der Waals surface area (Å²) in [4.78, 5) is 16.1. The third-order valence-electron chi connectivity index (χ3n) is 3.36. The second-order valence-corrected chi connectivity index (χ2v) is 5.94. The van der Waals surface area contributed by atoms with Gasteiger partial charge in [-0.25, -0.2) is 14.2 Å². The van der Waals surface area contributed by atoms with Crippen molar-refractivity contribution in [1.82, 2.24) is 10.3 Å². The summed E-state index contributed by atoms with van der Waals surface area (Å²) in [6.45, 7) is 0.120. The zero-order chi connectivity index (χ0) is 16.9. The van der Waals surface area contributed by atoms with E-state index in [9.17, 15) is 9.18 Å². The number of halogens is 1. The first-order chi connectivity index (χ1) is 11.6. The molecule has 5 nitrogen and oxygen atoms in total. The molecule has 0 aliphatic carbocycles. The maximum absolute atomic E-state index is 13.5. The Morgan fingerprint density at radius 1 is 1.17 bits per heavy atom. The van der Waals surface area contributed by atoms with Gasteiger partial charge < -0.3 is 16.4 Å². The summed E-state index contributed by atoms with van der Waals surface area (Å²) in [6.07, 6.45) is 0. The Kier molecular flexibility index (Phi) is 4.72. The van der Waals surface area contributed by atoms with Crippen LogP contribution >= 0.6 is 11.3 Å². The highest BCUT2D eigenvalue weighted by Crippen LogP contribution is 2.24. The van der Waals surface area contributed by atoms with Crippen molar-refractivity contribution >= 4 is 28.2 Å². The van der Waals surface area contributed by atoms with Gasteiger partial charge in [-0.15, -0.1) is 11.3 Å². The average Bonchev–Trinajstić information content (AvgIpc) is 3.01. The molecule has 24 heavy (non-hydrogen) atoms. The van der Waals surface area contributed by atoms with E-state index in [-0.39, 0.29) is 12.4 Å². The van der Waals surface area contributed by atoms with Crippen LogP contribution < -0.4 is 16.4 Å². The number of rotatable bonds is 4. The Labute approximate surface area is 142 Å². The molecule has 2 aromatic carbocycles. The molecule has 0 saturated carbocycles. The van der Waals surface area contributed by atoms with Crippen LogP contribution in [0.5, 0.6) is 0 Å². The van der Waals surface area contributed by atoms with Crippen LogP contribution in [0.1, 0.15) is 5.56 Å². The van der Waals surface area contributed by atoms with Crippen molar-refractivity contribution in [2.75, 3.05) is 11.1 Å². The van der Waals surface area contributed by atoms with Crippen molar-refractivity contribution in [3.63, 3.8) is 0 Å². The molecule has 7 heteroatoms. The minimum absolute atomic E-state index is 0.120. The Bertz CT molecular complexity index is 848. The highest BCUT2D eigenvalue weighted by molar-refractivity contribution is 7.13. The SMILES string of the molecule is Nc1nc(-c2ccc(NC(=O)NCc3ccccc3F)cc2)cs1. The van der Waals surface area contributed by atoms with Crippen LogP contribution in [-0.2, 0) is 6.54 Å². The number of urea groups is 1. The van der Waals surface area contributed by atoms with Crippen molar-refractivity contribution < 1.29 is 9.18 Å². The summed E-state index contributed by atoms with van der Waals surface area (Å²) < 4.78 is 13.5. The van der Waals surface area contributed by atoms with Crippen molar-refractivity contribution in [3.8, 4) is 11.3 Å². The summed E-state index contributed by atoms with van der Waals surface area (Å²) in [5.41, 5.74) is 8.40. The fraction of sp³-hybridized carbons (Fsp3) is 0.0588. The minimum atomic E-state index is -0.399. The molecule has 122 valence electrons. The van der Waals surface area contributed by atoms with Crippen molar-refractivity contribution in [1.29, 1.82) is 0 Å². The number of hydrogen-bond acceptors (Lipinski definition) is 4. The van der Waals surface area contributed by atoms with Crippen molar-refractivity contribution in [3.05, 3.63) is 65.3 Å². The Hall–Kier alpha value is -2.93. The molecule has 3 aromatic rings. The molecule has 0 bridgehead atoms. The number of aromatic nitrogens is 1. The standard InChI is InChI=1S/C17H15FN4OS/c18-14-4-2-1-3-12(14)9-20-17(23)21-13-7-5-11(6-8-13)15-10-24-16(19)22-15/h1-8,10H,9H2,(H2,19,22)(H2,20,21,23). The lowest BCUT2D eigenvalue weighted by molar-refractivity contribution is 0.251. The normalized spacial score (nSPS) is 10.4. The van der Waals surface area contributed by atoms with Crippen LogP contribution in [0.25, 0.3) is 11.3 Å². The van der Waals surface area contributed by atoms with Gasteiger partial charge in [0.25, 0.3) is 0 Å². The third kappa shape index (κ3) is 3.88. The predicted octanol–water partition coefficient (Wildman–Crippen LogP) is 3.85. The summed E-state index contributed by atoms with van der Waals surface area (Å²) in [5.74, 6) is -0.343. The number of benzene rings is 2. The molecule has 1 heterocycles. The van der Waals surface area contributed by atoms with Gasteiger partial charge in [-0.1, -0.05) is 30.3 Å². The Morgan fingerprint density at radius 3 is 2.58 bits per heavy atom. The van der Waals surface area contributed by atoms with Crippen LogP contribution in [0.2, 0.25) is 0 Å². The average molecular weight is 342 g/mol. The van der Waals surface area contributed by atoms with E-state index in [1.165, 1.54) is 17.4 Å². The van der Waals surface area contributed by atoms with Crippen LogP contribution in [0.15, 0.2) is 53.9 Å². The topological polar surface area (TPSA) is 80.0 Å². The van der Waals surface area contributed by atoms with E-state index < -0.39 is 6.03 Å². The molecular weight excluding hydrogens is 327 g/mol. The van der Waals surface area contributed by atoms with E-state index in [1.54, 1.807) is 30.3 Å². The van der Waals surface area contributed by atoms with E-state index in [1.807, 2.05) is 17.5 Å². The number of nitrogen functional groups attached to an aromatic ring is 1. The van der Waals surface area contributed by atoms with Gasteiger partial charge in [0.2, 0.25) is 0 Å². The van der Waals surface area contributed by atoms with Crippen molar-refractivity contribution in [2.45, 2.75) is 6.54 Å². The van der Waals surface area contributed by atoms with E-state index in [0.717, 1.165) is 11.3 Å². The minimum Gasteiger partial charge on any atom is -0.375 e. The summed E-state index contributed by atoms with van der Waals surface area (Å²) in [5, 5.41) is 7.71. The van der Waals surface area contributed by atoms with Gasteiger partial charge in [0.1, 0.15) is 5.82 Å². The van der Waals surface area contributed by atoms with E-state index in [0.29, 0.717) is 16.4 Å². The first-order valence-corrected chi connectivity index (χ1v) is 8.09. The molecule has 0 unspecified atom stereocenters. The number of amides is 2. The van der Waals surface area contributed by atoms with Gasteiger partial charge in [0.05, 0.1) is 5.69 Å². The number of hydrogen-bond donors (Lipinski definition) is 3. The Morgan fingerprint density at radius 2 is 1.92 bits per heavy atom. The molecule has 0 aliphatic heterocycles. The molecule has 0 fully saturated rings. The van der Waals surface area contributed by atoms with E-state index >= 15 is 0 Å². The maximum Gasteiger partial charge on any atom is 0.319 e. The zero-order valence-corrected chi connectivity index (χ0v) is 13.4. The molecule has 4 N–H and O–H groups in total. The molecule has 0 spiro atoms. The lowest BCUT2D eigenvalue weighted by Crippen LogP contribution is -2.28. The van der Waals surface area contributed by atoms with E-state index in [4.69, 9.17) is 5.73 Å². The van der Waals surface area contributed by atoms with Crippen LogP contribution in [0.3, 0.4) is 0 Å². The first kappa shape index (κ1) is 15.9. The van der Waals surface area contributed by atoms with Crippen LogP contribution in [0.4, 0.5) is 20.0 Å². The first-order valence-electron chi connectivity index (χ1n) is 7.21. The van der Waals surface area contributed by atoms with E-state index in [2.05, 4.69) is 15.6 Å². The number of nitrogens with two attached hydrogens (primary N) is 1. The number of carbonyl (C=O) groups excluding carboxylic acids is 1. The monoisotopic (exact) mass is 342 g/mol. The smallest absolute Gasteiger partial charge is 0.319 e. The summed E-state index contributed by atoms with van der Waals surface area (Å²) in [6, 6.07) is 13.2. The molecule has 0 aliphatic rings. The second kappa shape index (κ2) is 7.10. The number of nitrogens with one attached hydrogen (secondary N) is 2. The van der Waals surface area contributed by atoms with Gasteiger partial charge in [0.15, 0.2) is 5.13 Å². The number of anilines is 2. The molecule has 1 aromatic heterocycles.